The topological polar surface area (TPSA) is 36.7 Å². The quantitative estimate of drug-likeness (QED) is 0.827. The van der Waals surface area contributed by atoms with Gasteiger partial charge in [0.15, 0.2) is 0 Å². The minimum absolute atomic E-state index is 0.847. The third-order valence-corrected chi connectivity index (χ3v) is 5.54. The standard InChI is InChI=1S/C22H23N5/c1-25-10-7-16(8-11-25)18-4-6-22-24-20(9-12-27(22)15-18)17-3-5-21-19(13-17)14-23-26(21)2/h3-7,9,13-15H,8,10-12H2,1-2H3. The first-order valence-corrected chi connectivity index (χ1v) is 9.43. The van der Waals surface area contributed by atoms with Gasteiger partial charge < -0.3 is 9.80 Å². The third kappa shape index (κ3) is 2.94. The molecule has 0 bridgehead atoms. The predicted molar refractivity (Wildman–Crippen MR) is 110 cm³/mol. The summed E-state index contributed by atoms with van der Waals surface area (Å²) < 4.78 is 1.90. The molecule has 5 rings (SSSR count). The Morgan fingerprint density at radius 2 is 1.96 bits per heavy atom. The summed E-state index contributed by atoms with van der Waals surface area (Å²) in [4.78, 5) is 9.48. The van der Waals surface area contributed by atoms with E-state index in [-0.39, 0.29) is 0 Å². The maximum Gasteiger partial charge on any atom is 0.133 e. The van der Waals surface area contributed by atoms with E-state index in [9.17, 15) is 0 Å². The highest BCUT2D eigenvalue weighted by Gasteiger charge is 2.19. The van der Waals surface area contributed by atoms with E-state index in [0.29, 0.717) is 0 Å². The third-order valence-electron chi connectivity index (χ3n) is 5.54. The Hall–Kier alpha value is -2.92. The first kappa shape index (κ1) is 16.3. The van der Waals surface area contributed by atoms with Crippen LogP contribution in [0.15, 0.2) is 71.0 Å². The average molecular weight is 357 g/mol. The van der Waals surface area contributed by atoms with Gasteiger partial charge in [-0.05, 0) is 55.0 Å². The molecule has 5 nitrogen and oxygen atoms in total. The van der Waals surface area contributed by atoms with Crippen molar-refractivity contribution in [1.29, 1.82) is 0 Å². The number of nitrogens with zero attached hydrogens (tertiary/aromatic N) is 5. The van der Waals surface area contributed by atoms with Crippen molar-refractivity contribution in [2.24, 2.45) is 12.0 Å². The summed E-state index contributed by atoms with van der Waals surface area (Å²) in [5.74, 6) is 1.01. The van der Waals surface area contributed by atoms with Crippen molar-refractivity contribution in [3.8, 4) is 0 Å². The second-order valence-electron chi connectivity index (χ2n) is 7.41. The van der Waals surface area contributed by atoms with Crippen molar-refractivity contribution in [1.82, 2.24) is 19.6 Å². The smallest absolute Gasteiger partial charge is 0.133 e. The minimum atomic E-state index is 0.847. The SMILES string of the molecule is CN1CC=C(C2=CN3CC=C(c4ccc5c(cnn5C)c4)N=C3C=C2)CC1. The summed E-state index contributed by atoms with van der Waals surface area (Å²) in [6, 6.07) is 6.42. The van der Waals surface area contributed by atoms with Crippen LogP contribution >= 0.6 is 0 Å². The summed E-state index contributed by atoms with van der Waals surface area (Å²) in [5, 5.41) is 5.48. The normalized spacial score (nSPS) is 20.1. The predicted octanol–water partition coefficient (Wildman–Crippen LogP) is 3.34. The zero-order valence-corrected chi connectivity index (χ0v) is 15.8. The van der Waals surface area contributed by atoms with Gasteiger partial charge in [-0.3, -0.25) is 4.68 Å². The molecule has 2 aromatic rings. The van der Waals surface area contributed by atoms with Crippen LogP contribution in [0.2, 0.25) is 0 Å². The van der Waals surface area contributed by atoms with Gasteiger partial charge in [0, 0.05) is 43.8 Å². The second kappa shape index (κ2) is 6.35. The molecule has 27 heavy (non-hydrogen) atoms. The Kier molecular flexibility index (Phi) is 3.83. The number of hydrogen-bond acceptors (Lipinski definition) is 4. The van der Waals surface area contributed by atoms with Crippen molar-refractivity contribution >= 4 is 22.4 Å². The van der Waals surface area contributed by atoms with Crippen molar-refractivity contribution in [2.75, 3.05) is 26.7 Å². The number of benzene rings is 1. The molecule has 1 aromatic heterocycles. The molecule has 3 aliphatic rings. The van der Waals surface area contributed by atoms with Crippen molar-refractivity contribution in [3.05, 3.63) is 71.6 Å². The van der Waals surface area contributed by atoms with E-state index in [4.69, 9.17) is 4.99 Å². The molecule has 0 amide bonds. The molecule has 0 spiro atoms. The van der Waals surface area contributed by atoms with Gasteiger partial charge >= 0.3 is 0 Å². The van der Waals surface area contributed by atoms with Gasteiger partial charge in [0.25, 0.3) is 0 Å². The fraction of sp³-hybridized carbons (Fsp3) is 0.273. The van der Waals surface area contributed by atoms with Crippen LogP contribution in [-0.2, 0) is 7.05 Å². The Bertz CT molecular complexity index is 1060. The molecule has 0 atom stereocenters. The van der Waals surface area contributed by atoms with E-state index >= 15 is 0 Å². The Balaban J connectivity index is 1.40. The summed E-state index contributed by atoms with van der Waals surface area (Å²) in [7, 11) is 4.14. The van der Waals surface area contributed by atoms with Crippen LogP contribution in [0.5, 0.6) is 0 Å². The highest BCUT2D eigenvalue weighted by atomic mass is 15.2. The first-order chi connectivity index (χ1) is 13.2. The first-order valence-electron chi connectivity index (χ1n) is 9.43. The van der Waals surface area contributed by atoms with Crippen LogP contribution in [0.1, 0.15) is 12.0 Å². The van der Waals surface area contributed by atoms with Gasteiger partial charge in [-0.2, -0.15) is 5.10 Å². The van der Waals surface area contributed by atoms with Crippen LogP contribution in [0.4, 0.5) is 0 Å². The summed E-state index contributed by atoms with van der Waals surface area (Å²) in [5.41, 5.74) is 6.08. The fourth-order valence-electron chi connectivity index (χ4n) is 3.87. The van der Waals surface area contributed by atoms with Gasteiger partial charge in [0.2, 0.25) is 0 Å². The lowest BCUT2D eigenvalue weighted by atomic mass is 9.98. The Morgan fingerprint density at radius 3 is 2.81 bits per heavy atom. The molecule has 1 aromatic carbocycles. The largest absolute Gasteiger partial charge is 0.328 e. The van der Waals surface area contributed by atoms with Gasteiger partial charge in [-0.25, -0.2) is 4.99 Å². The molecule has 4 heterocycles. The monoisotopic (exact) mass is 357 g/mol. The molecule has 136 valence electrons. The molecule has 0 saturated carbocycles. The van der Waals surface area contributed by atoms with E-state index < -0.39 is 0 Å². The molecule has 3 aliphatic heterocycles. The average Bonchev–Trinajstić information content (AvgIpc) is 3.08. The van der Waals surface area contributed by atoms with Gasteiger partial charge in [0.1, 0.15) is 5.84 Å². The van der Waals surface area contributed by atoms with Crippen molar-refractivity contribution in [3.63, 3.8) is 0 Å². The van der Waals surface area contributed by atoms with E-state index in [1.165, 1.54) is 11.1 Å². The van der Waals surface area contributed by atoms with Gasteiger partial charge in [0.05, 0.1) is 17.4 Å². The Labute approximate surface area is 159 Å². The van der Waals surface area contributed by atoms with Crippen LogP contribution in [0.3, 0.4) is 0 Å². The number of rotatable bonds is 2. The van der Waals surface area contributed by atoms with Crippen LogP contribution < -0.4 is 0 Å². The lowest BCUT2D eigenvalue weighted by Gasteiger charge is -2.29. The molecule has 0 unspecified atom stereocenters. The second-order valence-corrected chi connectivity index (χ2v) is 7.41. The summed E-state index contributed by atoms with van der Waals surface area (Å²) in [6.45, 7) is 3.00. The molecule has 0 aliphatic carbocycles. The number of amidine groups is 1. The number of likely N-dealkylation sites (N-methyl/N-ethyl adjacent to an activating group) is 1. The van der Waals surface area contributed by atoms with Crippen molar-refractivity contribution in [2.45, 2.75) is 6.42 Å². The fourth-order valence-corrected chi connectivity index (χ4v) is 3.87. The highest BCUT2D eigenvalue weighted by Crippen LogP contribution is 2.28. The number of allylic oxidation sites excluding steroid dienone is 2. The molecule has 0 N–H and O–H groups in total. The molecular formula is C22H23N5. The Morgan fingerprint density at radius 1 is 1.04 bits per heavy atom. The van der Waals surface area contributed by atoms with Crippen LogP contribution in [-0.4, -0.2) is 52.1 Å². The number of aliphatic imine (C=N–C) groups is 1. The molecule has 5 heteroatoms. The van der Waals surface area contributed by atoms with E-state index in [0.717, 1.165) is 54.1 Å². The van der Waals surface area contributed by atoms with Gasteiger partial charge in [-0.15, -0.1) is 0 Å². The lowest BCUT2D eigenvalue weighted by Crippen LogP contribution is -2.30. The summed E-state index contributed by atoms with van der Waals surface area (Å²) >= 11 is 0. The summed E-state index contributed by atoms with van der Waals surface area (Å²) in [6.07, 6.45) is 14.2. The number of hydrogen-bond donors (Lipinski definition) is 0. The molecule has 0 radical (unpaired) electrons. The highest BCUT2D eigenvalue weighted by molar-refractivity contribution is 6.00. The van der Waals surface area contributed by atoms with E-state index in [2.05, 4.69) is 70.6 Å². The number of fused-ring (bicyclic) bond motifs is 2. The van der Waals surface area contributed by atoms with Crippen LogP contribution in [0, 0.1) is 0 Å². The maximum absolute atomic E-state index is 4.90. The lowest BCUT2D eigenvalue weighted by molar-refractivity contribution is 0.360. The molecule has 0 saturated heterocycles. The number of aromatic nitrogens is 2. The molecule has 0 fully saturated rings. The molecular weight excluding hydrogens is 334 g/mol. The van der Waals surface area contributed by atoms with Gasteiger partial charge in [-0.1, -0.05) is 12.1 Å². The maximum atomic E-state index is 4.90. The minimum Gasteiger partial charge on any atom is -0.328 e. The zero-order valence-electron chi connectivity index (χ0n) is 15.8. The number of aryl methyl sites for hydroxylation is 1. The van der Waals surface area contributed by atoms with Crippen LogP contribution in [0.25, 0.3) is 16.6 Å². The van der Waals surface area contributed by atoms with E-state index in [1.54, 1.807) is 0 Å². The van der Waals surface area contributed by atoms with Crippen molar-refractivity contribution < 1.29 is 0 Å². The zero-order chi connectivity index (χ0) is 18.4. The van der Waals surface area contributed by atoms with E-state index in [1.807, 2.05) is 17.9 Å².